The van der Waals surface area contributed by atoms with Gasteiger partial charge in [0.15, 0.2) is 5.82 Å². The Labute approximate surface area is 102 Å². The number of aromatic nitrogens is 2. The van der Waals surface area contributed by atoms with Gasteiger partial charge in [0.1, 0.15) is 6.07 Å². The molecule has 0 aliphatic heterocycles. The molecule has 0 atom stereocenters. The van der Waals surface area contributed by atoms with Crippen LogP contribution in [0, 0.1) is 17.2 Å². The van der Waals surface area contributed by atoms with Crippen LogP contribution in [-0.4, -0.2) is 23.8 Å². The average Bonchev–Trinajstić information content (AvgIpc) is 2.40. The van der Waals surface area contributed by atoms with Crippen LogP contribution in [0.15, 0.2) is 12.3 Å². The van der Waals surface area contributed by atoms with Gasteiger partial charge in [-0.1, -0.05) is 19.3 Å². The molecular formula is C13H18N4. The molecule has 1 aliphatic carbocycles. The molecule has 0 spiro atoms. The number of rotatable bonds is 3. The van der Waals surface area contributed by atoms with Crippen molar-refractivity contribution in [2.24, 2.45) is 5.92 Å². The number of hydrogen-bond donors (Lipinski definition) is 0. The zero-order valence-corrected chi connectivity index (χ0v) is 10.3. The van der Waals surface area contributed by atoms with Gasteiger partial charge in [-0.25, -0.2) is 0 Å². The first-order valence-electron chi connectivity index (χ1n) is 6.24. The van der Waals surface area contributed by atoms with Crippen LogP contribution in [0.2, 0.25) is 0 Å². The summed E-state index contributed by atoms with van der Waals surface area (Å²) < 4.78 is 0. The van der Waals surface area contributed by atoms with Gasteiger partial charge < -0.3 is 4.90 Å². The summed E-state index contributed by atoms with van der Waals surface area (Å²) in [6.45, 7) is 0.980. The summed E-state index contributed by atoms with van der Waals surface area (Å²) in [6, 6.07) is 3.89. The highest BCUT2D eigenvalue weighted by molar-refractivity contribution is 5.51. The first-order chi connectivity index (χ1) is 8.31. The molecule has 0 N–H and O–H groups in total. The smallest absolute Gasteiger partial charge is 0.168 e. The molecule has 0 amide bonds. The van der Waals surface area contributed by atoms with E-state index in [1.54, 1.807) is 12.3 Å². The molecule has 4 heteroatoms. The lowest BCUT2D eigenvalue weighted by molar-refractivity contribution is 0.361. The van der Waals surface area contributed by atoms with Gasteiger partial charge in [0.05, 0.1) is 11.8 Å². The Kier molecular flexibility index (Phi) is 3.92. The van der Waals surface area contributed by atoms with Crippen LogP contribution in [-0.2, 0) is 0 Å². The maximum Gasteiger partial charge on any atom is 0.168 e. The summed E-state index contributed by atoms with van der Waals surface area (Å²) in [6.07, 6.45) is 8.21. The normalized spacial score (nSPS) is 16.5. The summed E-state index contributed by atoms with van der Waals surface area (Å²) in [7, 11) is 2.00. The molecule has 0 aromatic carbocycles. The molecule has 4 nitrogen and oxygen atoms in total. The van der Waals surface area contributed by atoms with E-state index in [0.717, 1.165) is 12.5 Å². The van der Waals surface area contributed by atoms with E-state index < -0.39 is 0 Å². The third kappa shape index (κ3) is 2.94. The number of nitriles is 1. The first kappa shape index (κ1) is 11.8. The maximum atomic E-state index is 9.03. The van der Waals surface area contributed by atoms with Crippen molar-refractivity contribution in [2.75, 3.05) is 18.5 Å². The molecule has 1 aliphatic rings. The second-order valence-electron chi connectivity index (χ2n) is 4.76. The van der Waals surface area contributed by atoms with Crippen molar-refractivity contribution in [3.05, 3.63) is 17.8 Å². The second-order valence-corrected chi connectivity index (χ2v) is 4.76. The van der Waals surface area contributed by atoms with E-state index in [0.29, 0.717) is 11.4 Å². The van der Waals surface area contributed by atoms with E-state index >= 15 is 0 Å². The van der Waals surface area contributed by atoms with Gasteiger partial charge >= 0.3 is 0 Å². The fourth-order valence-corrected chi connectivity index (χ4v) is 2.54. The minimum atomic E-state index is 0.610. The monoisotopic (exact) mass is 230 g/mol. The van der Waals surface area contributed by atoms with Crippen LogP contribution in [0.3, 0.4) is 0 Å². The third-order valence-corrected chi connectivity index (χ3v) is 3.44. The molecule has 0 unspecified atom stereocenters. The summed E-state index contributed by atoms with van der Waals surface area (Å²) in [4.78, 5) is 2.07. The van der Waals surface area contributed by atoms with Gasteiger partial charge in [-0.2, -0.15) is 10.4 Å². The zero-order chi connectivity index (χ0) is 12.1. The molecule has 1 heterocycles. The lowest BCUT2D eigenvalue weighted by atomic mass is 9.89. The Hall–Kier alpha value is -1.63. The minimum absolute atomic E-state index is 0.610. The topological polar surface area (TPSA) is 52.8 Å². The zero-order valence-electron chi connectivity index (χ0n) is 10.3. The summed E-state index contributed by atoms with van der Waals surface area (Å²) >= 11 is 0. The largest absolute Gasteiger partial charge is 0.357 e. The molecule has 17 heavy (non-hydrogen) atoms. The Bertz CT molecular complexity index is 404. The minimum Gasteiger partial charge on any atom is -0.357 e. The highest BCUT2D eigenvalue weighted by atomic mass is 15.2. The van der Waals surface area contributed by atoms with E-state index in [2.05, 4.69) is 21.2 Å². The molecule has 90 valence electrons. The van der Waals surface area contributed by atoms with Crippen molar-refractivity contribution in [1.29, 1.82) is 5.26 Å². The van der Waals surface area contributed by atoms with E-state index in [1.165, 1.54) is 32.1 Å². The van der Waals surface area contributed by atoms with E-state index in [9.17, 15) is 0 Å². The van der Waals surface area contributed by atoms with E-state index in [-0.39, 0.29) is 0 Å². The first-order valence-corrected chi connectivity index (χ1v) is 6.24. The van der Waals surface area contributed by atoms with Crippen molar-refractivity contribution in [2.45, 2.75) is 32.1 Å². The molecule has 0 bridgehead atoms. The quantitative estimate of drug-likeness (QED) is 0.800. The Morgan fingerprint density at radius 3 is 2.88 bits per heavy atom. The predicted octanol–water partition coefficient (Wildman–Crippen LogP) is 2.36. The highest BCUT2D eigenvalue weighted by Crippen LogP contribution is 2.25. The summed E-state index contributed by atoms with van der Waals surface area (Å²) in [5.41, 5.74) is 0.610. The summed E-state index contributed by atoms with van der Waals surface area (Å²) in [5.74, 6) is 1.45. The predicted molar refractivity (Wildman–Crippen MR) is 66.6 cm³/mol. The number of hydrogen-bond acceptors (Lipinski definition) is 4. The molecule has 2 rings (SSSR count). The number of nitrogens with zero attached hydrogens (tertiary/aromatic N) is 4. The summed E-state index contributed by atoms with van der Waals surface area (Å²) in [5, 5.41) is 17.0. The van der Waals surface area contributed by atoms with Crippen LogP contribution in [0.5, 0.6) is 0 Å². The van der Waals surface area contributed by atoms with Gasteiger partial charge in [0.2, 0.25) is 0 Å². The van der Waals surface area contributed by atoms with Crippen molar-refractivity contribution in [3.63, 3.8) is 0 Å². The lowest BCUT2D eigenvalue weighted by Gasteiger charge is -2.27. The fraction of sp³-hybridized carbons (Fsp3) is 0.615. The fourth-order valence-electron chi connectivity index (χ4n) is 2.54. The Morgan fingerprint density at radius 2 is 2.18 bits per heavy atom. The third-order valence-electron chi connectivity index (χ3n) is 3.44. The van der Waals surface area contributed by atoms with Crippen LogP contribution in [0.1, 0.15) is 37.7 Å². The standard InChI is InChI=1S/C13H18N4/c1-17(10-11-5-3-2-4-6-11)13-12(9-14)7-8-15-16-13/h7-8,11H,2-6,10H2,1H3. The SMILES string of the molecule is CN(CC1CCCCC1)c1nnccc1C#N. The molecule has 1 fully saturated rings. The molecule has 0 radical (unpaired) electrons. The van der Waals surface area contributed by atoms with Crippen LogP contribution >= 0.6 is 0 Å². The van der Waals surface area contributed by atoms with Crippen molar-refractivity contribution in [1.82, 2.24) is 10.2 Å². The second kappa shape index (κ2) is 5.62. The van der Waals surface area contributed by atoms with Gasteiger partial charge in [-0.3, -0.25) is 0 Å². The van der Waals surface area contributed by atoms with Crippen LogP contribution in [0.4, 0.5) is 5.82 Å². The molecule has 1 saturated carbocycles. The van der Waals surface area contributed by atoms with Gasteiger partial charge in [-0.05, 0) is 24.8 Å². The van der Waals surface area contributed by atoms with Crippen LogP contribution in [0.25, 0.3) is 0 Å². The molecule has 1 aromatic rings. The maximum absolute atomic E-state index is 9.03. The highest BCUT2D eigenvalue weighted by Gasteiger charge is 2.17. The Balaban J connectivity index is 2.03. The van der Waals surface area contributed by atoms with Gasteiger partial charge in [0.25, 0.3) is 0 Å². The average molecular weight is 230 g/mol. The van der Waals surface area contributed by atoms with E-state index in [4.69, 9.17) is 5.26 Å². The van der Waals surface area contributed by atoms with Crippen molar-refractivity contribution in [3.8, 4) is 6.07 Å². The molecule has 1 aromatic heterocycles. The Morgan fingerprint density at radius 1 is 1.41 bits per heavy atom. The lowest BCUT2D eigenvalue weighted by Crippen LogP contribution is -2.28. The number of anilines is 1. The van der Waals surface area contributed by atoms with Gasteiger partial charge in [0, 0.05) is 13.6 Å². The van der Waals surface area contributed by atoms with Crippen molar-refractivity contribution < 1.29 is 0 Å². The van der Waals surface area contributed by atoms with Crippen molar-refractivity contribution >= 4 is 5.82 Å². The van der Waals surface area contributed by atoms with E-state index in [1.807, 2.05) is 7.05 Å². The molecular weight excluding hydrogens is 212 g/mol. The molecule has 0 saturated heterocycles. The van der Waals surface area contributed by atoms with Crippen LogP contribution < -0.4 is 4.90 Å². The van der Waals surface area contributed by atoms with Gasteiger partial charge in [-0.15, -0.1) is 5.10 Å².